The zero-order valence-corrected chi connectivity index (χ0v) is 13.1. The molecule has 6 heteroatoms. The number of hydrogen-bond acceptors (Lipinski definition) is 4. The van der Waals surface area contributed by atoms with E-state index in [1.807, 2.05) is 13.0 Å². The maximum absolute atomic E-state index is 12.2. The number of nitrogens with one attached hydrogen (secondary N) is 1. The summed E-state index contributed by atoms with van der Waals surface area (Å²) >= 11 is 0. The second kappa shape index (κ2) is 6.62. The molecule has 0 bridgehead atoms. The van der Waals surface area contributed by atoms with Crippen LogP contribution in [0.3, 0.4) is 0 Å². The molecule has 0 spiro atoms. The first-order valence-corrected chi connectivity index (χ1v) is 7.50. The van der Waals surface area contributed by atoms with Crippen LogP contribution in [0.5, 0.6) is 11.5 Å². The predicted octanol–water partition coefficient (Wildman–Crippen LogP) is 2.21. The molecule has 2 N–H and O–H groups in total. The van der Waals surface area contributed by atoms with E-state index < -0.39 is 12.0 Å². The van der Waals surface area contributed by atoms with E-state index >= 15 is 0 Å². The van der Waals surface area contributed by atoms with Gasteiger partial charge in [-0.2, -0.15) is 0 Å². The van der Waals surface area contributed by atoms with Crippen LogP contribution in [-0.4, -0.2) is 23.8 Å². The Morgan fingerprint density at radius 1 is 1.17 bits per heavy atom. The van der Waals surface area contributed by atoms with Gasteiger partial charge in [-0.05, 0) is 30.2 Å². The van der Waals surface area contributed by atoms with Crippen LogP contribution in [0.25, 0.3) is 0 Å². The van der Waals surface area contributed by atoms with E-state index in [9.17, 15) is 14.7 Å². The number of carboxylic acid groups (broad SMARTS) is 1. The summed E-state index contributed by atoms with van der Waals surface area (Å²) in [6, 6.07) is 11.2. The number of hydrogen-bond donors (Lipinski definition) is 2. The van der Waals surface area contributed by atoms with Crippen molar-refractivity contribution in [1.82, 2.24) is 5.32 Å². The van der Waals surface area contributed by atoms with Crippen molar-refractivity contribution < 1.29 is 24.2 Å². The van der Waals surface area contributed by atoms with Crippen LogP contribution < -0.4 is 14.8 Å². The Bertz CT molecular complexity index is 787. The number of aryl methyl sites for hydroxylation is 1. The van der Waals surface area contributed by atoms with E-state index in [1.54, 1.807) is 36.4 Å². The Kier molecular flexibility index (Phi) is 4.37. The van der Waals surface area contributed by atoms with E-state index in [1.165, 1.54) is 0 Å². The summed E-state index contributed by atoms with van der Waals surface area (Å²) in [6.45, 7) is 2.04. The Balaban J connectivity index is 1.71. The Labute approximate surface area is 139 Å². The fourth-order valence-electron chi connectivity index (χ4n) is 2.59. The first-order valence-electron chi connectivity index (χ1n) is 7.50. The summed E-state index contributed by atoms with van der Waals surface area (Å²) in [5.41, 5.74) is 2.20. The Morgan fingerprint density at radius 3 is 2.71 bits per heavy atom. The quantitative estimate of drug-likeness (QED) is 0.879. The number of carboxylic acids is 1. The first kappa shape index (κ1) is 15.9. The van der Waals surface area contributed by atoms with Gasteiger partial charge in [-0.1, -0.05) is 35.9 Å². The molecular weight excluding hydrogens is 310 g/mol. The molecule has 24 heavy (non-hydrogen) atoms. The molecule has 0 saturated carbocycles. The molecule has 1 aliphatic heterocycles. The minimum absolute atomic E-state index is 0.0617. The number of fused-ring (bicyclic) bond motifs is 1. The van der Waals surface area contributed by atoms with Gasteiger partial charge in [0, 0.05) is 0 Å². The van der Waals surface area contributed by atoms with Crippen molar-refractivity contribution in [2.24, 2.45) is 0 Å². The number of benzene rings is 2. The molecule has 0 radical (unpaired) electrons. The zero-order valence-electron chi connectivity index (χ0n) is 13.1. The van der Waals surface area contributed by atoms with Crippen molar-refractivity contribution in [2.75, 3.05) is 6.79 Å². The smallest absolute Gasteiger partial charge is 0.330 e. The van der Waals surface area contributed by atoms with Crippen molar-refractivity contribution >= 4 is 11.9 Å². The molecule has 0 saturated heterocycles. The average molecular weight is 327 g/mol. The van der Waals surface area contributed by atoms with Gasteiger partial charge in [0.1, 0.15) is 0 Å². The van der Waals surface area contributed by atoms with Crippen LogP contribution in [0.2, 0.25) is 0 Å². The Hall–Kier alpha value is -3.02. The molecule has 1 atom stereocenters. The lowest BCUT2D eigenvalue weighted by Gasteiger charge is -2.15. The van der Waals surface area contributed by atoms with Crippen molar-refractivity contribution in [3.05, 3.63) is 59.2 Å². The summed E-state index contributed by atoms with van der Waals surface area (Å²) in [6.07, 6.45) is 0.0617. The molecule has 3 rings (SSSR count). The van der Waals surface area contributed by atoms with Crippen molar-refractivity contribution in [3.8, 4) is 11.5 Å². The lowest BCUT2D eigenvalue weighted by atomic mass is 10.0. The van der Waals surface area contributed by atoms with Crippen LogP contribution in [0.1, 0.15) is 22.7 Å². The highest BCUT2D eigenvalue weighted by atomic mass is 16.7. The first-order chi connectivity index (χ1) is 11.5. The van der Waals surface area contributed by atoms with Crippen LogP contribution >= 0.6 is 0 Å². The maximum atomic E-state index is 12.2. The Morgan fingerprint density at radius 2 is 1.96 bits per heavy atom. The van der Waals surface area contributed by atoms with E-state index in [0.29, 0.717) is 17.1 Å². The van der Waals surface area contributed by atoms with E-state index in [4.69, 9.17) is 9.47 Å². The fourth-order valence-corrected chi connectivity index (χ4v) is 2.59. The second-order valence-electron chi connectivity index (χ2n) is 5.62. The highest BCUT2D eigenvalue weighted by molar-refractivity contribution is 5.85. The summed E-state index contributed by atoms with van der Waals surface area (Å²) in [7, 11) is 0. The average Bonchev–Trinajstić information content (AvgIpc) is 3.00. The lowest BCUT2D eigenvalue weighted by molar-refractivity contribution is -0.141. The van der Waals surface area contributed by atoms with E-state index in [0.717, 1.165) is 11.1 Å². The summed E-state index contributed by atoms with van der Waals surface area (Å²) in [5.74, 6) is -0.237. The van der Waals surface area contributed by atoms with Gasteiger partial charge in [0.2, 0.25) is 12.7 Å². The topological polar surface area (TPSA) is 84.9 Å². The predicted molar refractivity (Wildman–Crippen MR) is 86.0 cm³/mol. The summed E-state index contributed by atoms with van der Waals surface area (Å²) in [4.78, 5) is 23.7. The normalized spacial score (nSPS) is 13.4. The lowest BCUT2D eigenvalue weighted by Crippen LogP contribution is -2.34. The van der Waals surface area contributed by atoms with Crippen LogP contribution in [-0.2, 0) is 16.0 Å². The van der Waals surface area contributed by atoms with Gasteiger partial charge in [-0.15, -0.1) is 0 Å². The molecule has 2 aromatic rings. The van der Waals surface area contributed by atoms with Gasteiger partial charge in [-0.25, -0.2) is 4.79 Å². The van der Waals surface area contributed by atoms with Gasteiger partial charge in [0.15, 0.2) is 17.5 Å². The molecule has 1 amide bonds. The third kappa shape index (κ3) is 3.48. The highest BCUT2D eigenvalue weighted by Crippen LogP contribution is 2.32. The maximum Gasteiger partial charge on any atom is 0.330 e. The number of carbonyl (C=O) groups excluding carboxylic acids is 1. The highest BCUT2D eigenvalue weighted by Gasteiger charge is 2.22. The third-order valence-corrected chi connectivity index (χ3v) is 3.73. The monoisotopic (exact) mass is 327 g/mol. The largest absolute Gasteiger partial charge is 0.479 e. The molecule has 1 heterocycles. The van der Waals surface area contributed by atoms with Gasteiger partial charge >= 0.3 is 5.97 Å². The molecular formula is C18H17NO5. The zero-order chi connectivity index (χ0) is 17.1. The van der Waals surface area contributed by atoms with Crippen LogP contribution in [0.4, 0.5) is 0 Å². The number of amides is 1. The molecule has 6 nitrogen and oxygen atoms in total. The number of carbonyl (C=O) groups is 2. The van der Waals surface area contributed by atoms with Gasteiger partial charge in [0.25, 0.3) is 0 Å². The van der Waals surface area contributed by atoms with E-state index in [-0.39, 0.29) is 19.1 Å². The molecule has 124 valence electrons. The van der Waals surface area contributed by atoms with Crippen molar-refractivity contribution in [3.63, 3.8) is 0 Å². The van der Waals surface area contributed by atoms with Crippen LogP contribution in [0.15, 0.2) is 42.5 Å². The summed E-state index contributed by atoms with van der Waals surface area (Å²) in [5, 5.41) is 12.0. The van der Waals surface area contributed by atoms with Crippen LogP contribution in [0, 0.1) is 6.92 Å². The van der Waals surface area contributed by atoms with Gasteiger partial charge < -0.3 is 19.9 Å². The molecule has 0 aromatic heterocycles. The van der Waals surface area contributed by atoms with E-state index in [2.05, 4.69) is 5.32 Å². The van der Waals surface area contributed by atoms with Crippen molar-refractivity contribution in [1.29, 1.82) is 0 Å². The third-order valence-electron chi connectivity index (χ3n) is 3.73. The second-order valence-corrected chi connectivity index (χ2v) is 5.62. The SMILES string of the molecule is Cc1cccc([C@@H](NC(=O)Cc2ccc3c(c2)OCO3)C(=O)O)c1. The number of ether oxygens (including phenoxy) is 2. The minimum atomic E-state index is -1.10. The number of aliphatic carboxylic acids is 1. The summed E-state index contributed by atoms with van der Waals surface area (Å²) < 4.78 is 10.5. The molecule has 0 unspecified atom stereocenters. The minimum Gasteiger partial charge on any atom is -0.479 e. The van der Waals surface area contributed by atoms with Gasteiger partial charge in [0.05, 0.1) is 6.42 Å². The molecule has 0 aliphatic carbocycles. The fraction of sp³-hybridized carbons (Fsp3) is 0.222. The van der Waals surface area contributed by atoms with Crippen molar-refractivity contribution in [2.45, 2.75) is 19.4 Å². The molecule has 2 aromatic carbocycles. The van der Waals surface area contributed by atoms with Gasteiger partial charge in [-0.3, -0.25) is 4.79 Å². The number of rotatable bonds is 5. The molecule has 0 fully saturated rings. The molecule has 1 aliphatic rings. The standard InChI is InChI=1S/C18H17NO5/c1-11-3-2-4-13(7-11)17(18(21)22)19-16(20)9-12-5-6-14-15(8-12)24-10-23-14/h2-8,17H,9-10H2,1H3,(H,19,20)(H,21,22)/t17-/m1/s1.